The van der Waals surface area contributed by atoms with Gasteiger partial charge in [-0.05, 0) is 50.4 Å². The number of hydrogen-bond acceptors (Lipinski definition) is 1. The predicted molar refractivity (Wildman–Crippen MR) is 67.5 cm³/mol. The molecule has 0 aliphatic heterocycles. The Morgan fingerprint density at radius 3 is 2.37 bits per heavy atom. The van der Waals surface area contributed by atoms with E-state index >= 15 is 0 Å². The topological polar surface area (TPSA) is 12.0 Å². The van der Waals surface area contributed by atoms with Crippen LogP contribution in [0.2, 0.25) is 0 Å². The molecule has 0 heterocycles. The first kappa shape index (κ1) is 16.0. The maximum Gasteiger partial charge on any atom is 0.389 e. The van der Waals surface area contributed by atoms with Crippen molar-refractivity contribution >= 4 is 0 Å². The third-order valence-electron chi connectivity index (χ3n) is 2.92. The first-order valence-corrected chi connectivity index (χ1v) is 6.41. The molecule has 0 bridgehead atoms. The van der Waals surface area contributed by atoms with Crippen molar-refractivity contribution in [3.05, 3.63) is 35.6 Å². The average Bonchev–Trinajstić information content (AvgIpc) is 2.30. The standard InChI is InChI=1S/C14H19F4N/c1-11(3-2-9-14(16,17)18)19-10-8-12-4-6-13(15)7-5-12/h4-7,11,19H,2-3,8-10H2,1H3. The van der Waals surface area contributed by atoms with Crippen LogP contribution in [-0.2, 0) is 6.42 Å². The fraction of sp³-hybridized carbons (Fsp3) is 0.571. The number of nitrogens with one attached hydrogen (secondary N) is 1. The third-order valence-corrected chi connectivity index (χ3v) is 2.92. The minimum atomic E-state index is -4.06. The van der Waals surface area contributed by atoms with E-state index in [9.17, 15) is 17.6 Å². The molecule has 0 saturated heterocycles. The van der Waals surface area contributed by atoms with Gasteiger partial charge in [0.15, 0.2) is 0 Å². The highest BCUT2D eigenvalue weighted by Crippen LogP contribution is 2.22. The van der Waals surface area contributed by atoms with Crippen LogP contribution < -0.4 is 5.32 Å². The lowest BCUT2D eigenvalue weighted by molar-refractivity contribution is -0.135. The van der Waals surface area contributed by atoms with Gasteiger partial charge in [0, 0.05) is 12.5 Å². The van der Waals surface area contributed by atoms with Crippen molar-refractivity contribution in [2.75, 3.05) is 6.54 Å². The van der Waals surface area contributed by atoms with Gasteiger partial charge in [0.25, 0.3) is 0 Å². The molecule has 1 unspecified atom stereocenters. The Labute approximate surface area is 111 Å². The van der Waals surface area contributed by atoms with Gasteiger partial charge in [0.1, 0.15) is 5.82 Å². The van der Waals surface area contributed by atoms with Crippen molar-refractivity contribution in [1.29, 1.82) is 0 Å². The maximum absolute atomic E-state index is 12.7. The van der Waals surface area contributed by atoms with E-state index in [0.717, 1.165) is 12.0 Å². The lowest BCUT2D eigenvalue weighted by atomic mass is 10.1. The van der Waals surface area contributed by atoms with Gasteiger partial charge in [0.05, 0.1) is 0 Å². The van der Waals surface area contributed by atoms with Crippen molar-refractivity contribution in [2.45, 2.75) is 44.8 Å². The van der Waals surface area contributed by atoms with E-state index < -0.39 is 12.6 Å². The molecule has 1 rings (SSSR count). The van der Waals surface area contributed by atoms with Crippen molar-refractivity contribution in [2.24, 2.45) is 0 Å². The van der Waals surface area contributed by atoms with Crippen molar-refractivity contribution in [1.82, 2.24) is 5.32 Å². The fourth-order valence-electron chi connectivity index (χ4n) is 1.82. The van der Waals surface area contributed by atoms with E-state index in [0.29, 0.717) is 13.0 Å². The molecule has 0 spiro atoms. The van der Waals surface area contributed by atoms with Crippen molar-refractivity contribution < 1.29 is 17.6 Å². The van der Waals surface area contributed by atoms with Gasteiger partial charge in [-0.1, -0.05) is 12.1 Å². The zero-order valence-corrected chi connectivity index (χ0v) is 10.9. The zero-order chi connectivity index (χ0) is 14.3. The molecule has 1 N–H and O–H groups in total. The van der Waals surface area contributed by atoms with Gasteiger partial charge < -0.3 is 5.32 Å². The summed E-state index contributed by atoms with van der Waals surface area (Å²) in [7, 11) is 0. The summed E-state index contributed by atoms with van der Waals surface area (Å²) in [4.78, 5) is 0. The molecule has 0 aliphatic rings. The molecule has 19 heavy (non-hydrogen) atoms. The normalized spacial score (nSPS) is 13.5. The molecule has 108 valence electrons. The Hall–Kier alpha value is -1.10. The number of halogens is 4. The Morgan fingerprint density at radius 1 is 1.16 bits per heavy atom. The number of benzene rings is 1. The summed E-state index contributed by atoms with van der Waals surface area (Å²) >= 11 is 0. The smallest absolute Gasteiger partial charge is 0.314 e. The molecule has 1 aromatic rings. The van der Waals surface area contributed by atoms with Gasteiger partial charge in [-0.3, -0.25) is 0 Å². The lowest BCUT2D eigenvalue weighted by Crippen LogP contribution is -2.28. The molecule has 1 aromatic carbocycles. The fourth-order valence-corrected chi connectivity index (χ4v) is 1.82. The Kier molecular flexibility index (Phi) is 6.28. The molecule has 1 nitrogen and oxygen atoms in total. The summed E-state index contributed by atoms with van der Waals surface area (Å²) in [5.74, 6) is -0.266. The zero-order valence-electron chi connectivity index (χ0n) is 10.9. The second kappa shape index (κ2) is 7.48. The summed E-state index contributed by atoms with van der Waals surface area (Å²) in [6.45, 7) is 2.56. The molecule has 0 saturated carbocycles. The van der Waals surface area contributed by atoms with Crippen LogP contribution in [0.3, 0.4) is 0 Å². The minimum Gasteiger partial charge on any atom is -0.314 e. The van der Waals surface area contributed by atoms with Crippen molar-refractivity contribution in [3.63, 3.8) is 0 Å². The second-order valence-electron chi connectivity index (χ2n) is 4.74. The quantitative estimate of drug-likeness (QED) is 0.740. The molecule has 0 aromatic heterocycles. The van der Waals surface area contributed by atoms with E-state index in [4.69, 9.17) is 0 Å². The monoisotopic (exact) mass is 277 g/mol. The van der Waals surface area contributed by atoms with E-state index in [1.165, 1.54) is 12.1 Å². The van der Waals surface area contributed by atoms with Crippen LogP contribution in [0.1, 0.15) is 31.7 Å². The van der Waals surface area contributed by atoms with Gasteiger partial charge in [-0.25, -0.2) is 4.39 Å². The summed E-state index contributed by atoms with van der Waals surface area (Å²) in [5.41, 5.74) is 1.01. The van der Waals surface area contributed by atoms with Crippen molar-refractivity contribution in [3.8, 4) is 0 Å². The van der Waals surface area contributed by atoms with Crippen LogP contribution in [0.25, 0.3) is 0 Å². The lowest BCUT2D eigenvalue weighted by Gasteiger charge is -2.14. The molecular weight excluding hydrogens is 258 g/mol. The first-order chi connectivity index (χ1) is 8.87. The molecule has 0 aliphatic carbocycles. The number of alkyl halides is 3. The Balaban J connectivity index is 2.13. The highest BCUT2D eigenvalue weighted by atomic mass is 19.4. The van der Waals surface area contributed by atoms with Crippen LogP contribution in [0, 0.1) is 5.82 Å². The summed E-state index contributed by atoms with van der Waals surface area (Å²) in [6, 6.07) is 6.30. The Morgan fingerprint density at radius 2 is 1.79 bits per heavy atom. The van der Waals surface area contributed by atoms with Crippen LogP contribution in [0.4, 0.5) is 17.6 Å². The number of hydrogen-bond donors (Lipinski definition) is 1. The highest BCUT2D eigenvalue weighted by molar-refractivity contribution is 5.16. The maximum atomic E-state index is 12.7. The number of rotatable bonds is 7. The molecule has 0 amide bonds. The van der Waals surface area contributed by atoms with E-state index in [1.54, 1.807) is 12.1 Å². The van der Waals surface area contributed by atoms with Gasteiger partial charge in [0.2, 0.25) is 0 Å². The highest BCUT2D eigenvalue weighted by Gasteiger charge is 2.26. The molecular formula is C14H19F4N. The van der Waals surface area contributed by atoms with Gasteiger partial charge in [-0.2, -0.15) is 13.2 Å². The minimum absolute atomic E-state index is 0.0581. The summed E-state index contributed by atoms with van der Waals surface area (Å²) < 4.78 is 48.5. The molecule has 1 atom stereocenters. The SMILES string of the molecule is CC(CCCC(F)(F)F)NCCc1ccc(F)cc1. The summed E-state index contributed by atoms with van der Waals surface area (Å²) in [6.07, 6.45) is -3.40. The van der Waals surface area contributed by atoms with Crippen LogP contribution in [0.15, 0.2) is 24.3 Å². The first-order valence-electron chi connectivity index (χ1n) is 6.41. The van der Waals surface area contributed by atoms with Gasteiger partial charge in [-0.15, -0.1) is 0 Å². The molecule has 0 radical (unpaired) electrons. The largest absolute Gasteiger partial charge is 0.389 e. The van der Waals surface area contributed by atoms with Crippen LogP contribution in [-0.4, -0.2) is 18.8 Å². The summed E-state index contributed by atoms with van der Waals surface area (Å²) in [5, 5.41) is 3.17. The molecule has 5 heteroatoms. The predicted octanol–water partition coefficient (Wildman–Crippen LogP) is 4.08. The van der Waals surface area contributed by atoms with E-state index in [1.807, 2.05) is 6.92 Å². The van der Waals surface area contributed by atoms with E-state index in [2.05, 4.69) is 5.32 Å². The van der Waals surface area contributed by atoms with Crippen LogP contribution >= 0.6 is 0 Å². The Bertz CT molecular complexity index is 359. The molecule has 0 fully saturated rings. The van der Waals surface area contributed by atoms with E-state index in [-0.39, 0.29) is 18.3 Å². The second-order valence-corrected chi connectivity index (χ2v) is 4.74. The van der Waals surface area contributed by atoms with Gasteiger partial charge >= 0.3 is 6.18 Å². The average molecular weight is 277 g/mol. The van der Waals surface area contributed by atoms with Crippen LogP contribution in [0.5, 0.6) is 0 Å². The third kappa shape index (κ3) is 7.82.